The van der Waals surface area contributed by atoms with Crippen LogP contribution in [0.4, 0.5) is 5.82 Å². The average molecular weight is 396 g/mol. The average Bonchev–Trinajstić information content (AvgIpc) is 3.07. The SMILES string of the molecule is CCCC(NC(=O)C(O)C(C)(C)C)C(=O)Nc1cc(CN2CCOCC2)on1. The van der Waals surface area contributed by atoms with Gasteiger partial charge in [0.05, 0.1) is 19.8 Å². The first-order valence-corrected chi connectivity index (χ1v) is 9.75. The van der Waals surface area contributed by atoms with E-state index in [0.717, 1.165) is 13.1 Å². The van der Waals surface area contributed by atoms with Gasteiger partial charge in [-0.15, -0.1) is 0 Å². The van der Waals surface area contributed by atoms with E-state index in [0.29, 0.717) is 44.2 Å². The summed E-state index contributed by atoms with van der Waals surface area (Å²) in [6.45, 7) is 10.8. The molecule has 1 aromatic heterocycles. The Morgan fingerprint density at radius 1 is 1.29 bits per heavy atom. The van der Waals surface area contributed by atoms with E-state index in [-0.39, 0.29) is 5.91 Å². The third-order valence-corrected chi connectivity index (χ3v) is 4.57. The van der Waals surface area contributed by atoms with Crippen LogP contribution in [0.5, 0.6) is 0 Å². The highest BCUT2D eigenvalue weighted by Gasteiger charge is 2.32. The predicted molar refractivity (Wildman–Crippen MR) is 104 cm³/mol. The third kappa shape index (κ3) is 6.57. The zero-order valence-electron chi connectivity index (χ0n) is 17.2. The molecule has 0 saturated carbocycles. The van der Waals surface area contributed by atoms with E-state index in [2.05, 4.69) is 20.7 Å². The molecule has 9 heteroatoms. The van der Waals surface area contributed by atoms with Gasteiger partial charge in [0.2, 0.25) is 11.8 Å². The maximum atomic E-state index is 12.6. The van der Waals surface area contributed by atoms with Gasteiger partial charge in [0, 0.05) is 19.2 Å². The molecule has 1 aromatic rings. The maximum absolute atomic E-state index is 12.6. The van der Waals surface area contributed by atoms with Gasteiger partial charge in [-0.3, -0.25) is 14.5 Å². The molecule has 0 bridgehead atoms. The summed E-state index contributed by atoms with van der Waals surface area (Å²) in [6.07, 6.45) is -0.0512. The number of nitrogens with zero attached hydrogens (tertiary/aromatic N) is 2. The summed E-state index contributed by atoms with van der Waals surface area (Å²) in [6, 6.07) is 0.927. The minimum atomic E-state index is -1.20. The topological polar surface area (TPSA) is 117 Å². The molecule has 0 radical (unpaired) electrons. The summed E-state index contributed by atoms with van der Waals surface area (Å²) in [5.41, 5.74) is -0.613. The molecule has 2 rings (SSSR count). The van der Waals surface area contributed by atoms with Crippen molar-refractivity contribution in [2.24, 2.45) is 5.41 Å². The molecular formula is C19H32N4O5. The highest BCUT2D eigenvalue weighted by Crippen LogP contribution is 2.19. The Morgan fingerprint density at radius 2 is 1.96 bits per heavy atom. The zero-order valence-corrected chi connectivity index (χ0v) is 17.2. The fraction of sp³-hybridized carbons (Fsp3) is 0.737. The molecule has 0 aromatic carbocycles. The fourth-order valence-corrected chi connectivity index (χ4v) is 2.84. The number of aliphatic hydroxyl groups excluding tert-OH is 1. The number of rotatable bonds is 8. The Labute approximate surface area is 165 Å². The van der Waals surface area contributed by atoms with Crippen molar-refractivity contribution < 1.29 is 24.0 Å². The smallest absolute Gasteiger partial charge is 0.250 e. The van der Waals surface area contributed by atoms with Crippen LogP contribution in [0.15, 0.2) is 10.6 Å². The lowest BCUT2D eigenvalue weighted by atomic mass is 9.88. The largest absolute Gasteiger partial charge is 0.383 e. The number of aliphatic hydroxyl groups is 1. The van der Waals surface area contributed by atoms with E-state index >= 15 is 0 Å². The zero-order chi connectivity index (χ0) is 20.7. The summed E-state index contributed by atoms with van der Waals surface area (Å²) in [5, 5.41) is 19.3. The fourth-order valence-electron chi connectivity index (χ4n) is 2.84. The van der Waals surface area contributed by atoms with Crippen molar-refractivity contribution in [3.63, 3.8) is 0 Å². The first kappa shape index (κ1) is 22.3. The van der Waals surface area contributed by atoms with Gasteiger partial charge < -0.3 is 25.0 Å². The summed E-state index contributed by atoms with van der Waals surface area (Å²) in [5.74, 6) is 0.00760. The number of morpholine rings is 1. The van der Waals surface area contributed by atoms with Crippen LogP contribution in [-0.4, -0.2) is 65.4 Å². The van der Waals surface area contributed by atoms with E-state index in [1.807, 2.05) is 6.92 Å². The van der Waals surface area contributed by atoms with Gasteiger partial charge in [0.15, 0.2) is 11.6 Å². The van der Waals surface area contributed by atoms with Gasteiger partial charge in [-0.05, 0) is 11.8 Å². The van der Waals surface area contributed by atoms with Crippen molar-refractivity contribution in [1.82, 2.24) is 15.4 Å². The van der Waals surface area contributed by atoms with Gasteiger partial charge >= 0.3 is 0 Å². The number of nitrogens with one attached hydrogen (secondary N) is 2. The van der Waals surface area contributed by atoms with E-state index in [1.165, 1.54) is 0 Å². The van der Waals surface area contributed by atoms with Gasteiger partial charge in [-0.25, -0.2) is 0 Å². The van der Waals surface area contributed by atoms with Gasteiger partial charge in [-0.1, -0.05) is 39.3 Å². The predicted octanol–water partition coefficient (Wildman–Crippen LogP) is 1.14. The van der Waals surface area contributed by atoms with Crippen LogP contribution >= 0.6 is 0 Å². The molecule has 2 amide bonds. The molecule has 1 aliphatic heterocycles. The summed E-state index contributed by atoms with van der Waals surface area (Å²) in [7, 11) is 0. The highest BCUT2D eigenvalue weighted by molar-refractivity contribution is 5.97. The van der Waals surface area contributed by atoms with Crippen LogP contribution in [-0.2, 0) is 20.9 Å². The molecule has 2 unspecified atom stereocenters. The summed E-state index contributed by atoms with van der Waals surface area (Å²) >= 11 is 0. The van der Waals surface area contributed by atoms with Crippen molar-refractivity contribution in [2.75, 3.05) is 31.6 Å². The molecule has 158 valence electrons. The van der Waals surface area contributed by atoms with E-state index in [1.54, 1.807) is 26.8 Å². The Kier molecular flexibility index (Phi) is 7.97. The molecule has 0 aliphatic carbocycles. The molecular weight excluding hydrogens is 364 g/mol. The quantitative estimate of drug-likeness (QED) is 0.603. The van der Waals surface area contributed by atoms with Crippen LogP contribution in [0, 0.1) is 5.41 Å². The first-order chi connectivity index (χ1) is 13.2. The third-order valence-electron chi connectivity index (χ3n) is 4.57. The molecule has 28 heavy (non-hydrogen) atoms. The van der Waals surface area contributed by atoms with Crippen molar-refractivity contribution in [1.29, 1.82) is 0 Å². The van der Waals surface area contributed by atoms with Crippen LogP contribution in [0.25, 0.3) is 0 Å². The van der Waals surface area contributed by atoms with Crippen LogP contribution in [0.3, 0.4) is 0 Å². The second kappa shape index (κ2) is 9.99. The lowest BCUT2D eigenvalue weighted by Gasteiger charge is -2.26. The number of ether oxygens (including phenoxy) is 1. The van der Waals surface area contributed by atoms with E-state index in [4.69, 9.17) is 9.26 Å². The van der Waals surface area contributed by atoms with Crippen molar-refractivity contribution >= 4 is 17.6 Å². The second-order valence-electron chi connectivity index (χ2n) is 8.17. The van der Waals surface area contributed by atoms with Crippen molar-refractivity contribution in [3.8, 4) is 0 Å². The van der Waals surface area contributed by atoms with Crippen molar-refractivity contribution in [2.45, 2.75) is 59.2 Å². The van der Waals surface area contributed by atoms with E-state index in [9.17, 15) is 14.7 Å². The standard InChI is InChI=1S/C19H32N4O5/c1-5-6-14(20-18(26)16(24)19(2,3)4)17(25)21-15-11-13(28-22-15)12-23-7-9-27-10-8-23/h11,14,16,24H,5-10,12H2,1-4H3,(H,20,26)(H,21,22,25). The van der Waals surface area contributed by atoms with Crippen LogP contribution < -0.4 is 10.6 Å². The molecule has 3 N–H and O–H groups in total. The van der Waals surface area contributed by atoms with Crippen LogP contribution in [0.2, 0.25) is 0 Å². The summed E-state index contributed by atoms with van der Waals surface area (Å²) < 4.78 is 10.6. The Morgan fingerprint density at radius 3 is 2.57 bits per heavy atom. The molecule has 9 nitrogen and oxygen atoms in total. The highest BCUT2D eigenvalue weighted by atomic mass is 16.5. The van der Waals surface area contributed by atoms with E-state index < -0.39 is 23.5 Å². The number of aromatic nitrogens is 1. The lowest BCUT2D eigenvalue weighted by molar-refractivity contribution is -0.137. The number of anilines is 1. The first-order valence-electron chi connectivity index (χ1n) is 9.75. The minimum Gasteiger partial charge on any atom is -0.383 e. The molecule has 1 saturated heterocycles. The Balaban J connectivity index is 1.93. The second-order valence-corrected chi connectivity index (χ2v) is 8.17. The minimum absolute atomic E-state index is 0.306. The summed E-state index contributed by atoms with van der Waals surface area (Å²) in [4.78, 5) is 27.0. The Hall–Kier alpha value is -1.97. The number of carbonyl (C=O) groups excluding carboxylic acids is 2. The number of carbonyl (C=O) groups is 2. The Bertz CT molecular complexity index is 649. The van der Waals surface area contributed by atoms with Crippen LogP contribution in [0.1, 0.15) is 46.3 Å². The molecule has 2 heterocycles. The molecule has 0 spiro atoms. The molecule has 1 aliphatic rings. The molecule has 1 fully saturated rings. The van der Waals surface area contributed by atoms with Gasteiger partial charge in [0.25, 0.3) is 0 Å². The lowest BCUT2D eigenvalue weighted by Crippen LogP contribution is -2.50. The number of hydrogen-bond donors (Lipinski definition) is 3. The molecule has 2 atom stereocenters. The monoisotopic (exact) mass is 396 g/mol. The number of amides is 2. The van der Waals surface area contributed by atoms with Gasteiger partial charge in [0.1, 0.15) is 12.1 Å². The maximum Gasteiger partial charge on any atom is 0.250 e. The normalized spacial score (nSPS) is 17.8. The number of hydrogen-bond acceptors (Lipinski definition) is 7. The van der Waals surface area contributed by atoms with Gasteiger partial charge in [-0.2, -0.15) is 0 Å². The van der Waals surface area contributed by atoms with Crippen molar-refractivity contribution in [3.05, 3.63) is 11.8 Å².